The van der Waals surface area contributed by atoms with Gasteiger partial charge in [0.2, 0.25) is 5.91 Å². The first-order chi connectivity index (χ1) is 20.3. The summed E-state index contributed by atoms with van der Waals surface area (Å²) in [5, 5.41) is 53.4. The molecule has 0 aromatic carbocycles. The average molecular weight is 596 g/mol. The van der Waals surface area contributed by atoms with Crippen molar-refractivity contribution in [2.45, 2.75) is 140 Å². The summed E-state index contributed by atoms with van der Waals surface area (Å²) >= 11 is 0. The molecule has 1 aliphatic rings. The zero-order valence-corrected chi connectivity index (χ0v) is 25.7. The first-order valence-electron chi connectivity index (χ1n) is 15.8. The number of ether oxygens (including phenoxy) is 2. The molecule has 42 heavy (non-hydrogen) atoms. The Bertz CT molecular complexity index is 797. The Hall–Kier alpha value is -1.85. The third-order valence-electron chi connectivity index (χ3n) is 7.20. The molecule has 0 saturated carbocycles. The van der Waals surface area contributed by atoms with Crippen LogP contribution in [0.15, 0.2) is 48.6 Å². The van der Waals surface area contributed by atoms with Gasteiger partial charge in [-0.25, -0.2) is 0 Å². The van der Waals surface area contributed by atoms with Crippen LogP contribution in [0.3, 0.4) is 0 Å². The van der Waals surface area contributed by atoms with Crippen molar-refractivity contribution in [1.82, 2.24) is 5.32 Å². The highest BCUT2D eigenvalue weighted by atomic mass is 16.7. The van der Waals surface area contributed by atoms with Gasteiger partial charge in [0.25, 0.3) is 0 Å². The molecular formula is C33H57NO8. The van der Waals surface area contributed by atoms with E-state index in [0.717, 1.165) is 64.2 Å². The Labute approximate surface area is 253 Å². The second kappa shape index (κ2) is 24.6. The highest BCUT2D eigenvalue weighted by Crippen LogP contribution is 2.22. The standard InChI is InChI=1S/C33H57NO8/c1-3-5-7-9-11-13-15-17-19-21-23-29(37)34-26(27(36)22-20-18-16-14-12-10-8-6-4-2)25-41-33-32(40)31(39)30(38)28(24-35)42-33/h4,6,9,11-12,14,20,22,26-28,30-33,35-36,38-40H,3,5,7-8,10,13,15-19,21,23-25H2,1-2H3,(H,34,37)/b6-4+,11-9-,14-12+,22-20+. The van der Waals surface area contributed by atoms with Gasteiger partial charge >= 0.3 is 0 Å². The highest BCUT2D eigenvalue weighted by molar-refractivity contribution is 5.76. The lowest BCUT2D eigenvalue weighted by molar-refractivity contribution is -0.302. The van der Waals surface area contributed by atoms with Crippen LogP contribution >= 0.6 is 0 Å². The van der Waals surface area contributed by atoms with E-state index >= 15 is 0 Å². The van der Waals surface area contributed by atoms with E-state index in [-0.39, 0.29) is 12.5 Å². The zero-order chi connectivity index (χ0) is 31.0. The van der Waals surface area contributed by atoms with Gasteiger partial charge < -0.3 is 40.3 Å². The lowest BCUT2D eigenvalue weighted by Gasteiger charge is -2.40. The fourth-order valence-electron chi connectivity index (χ4n) is 4.52. The maximum atomic E-state index is 12.7. The summed E-state index contributed by atoms with van der Waals surface area (Å²) in [7, 11) is 0. The number of allylic oxidation sites excluding steroid dienone is 7. The van der Waals surface area contributed by atoms with Gasteiger partial charge in [-0.05, 0) is 58.3 Å². The Balaban J connectivity index is 2.60. The predicted octanol–water partition coefficient (Wildman–Crippen LogP) is 3.98. The van der Waals surface area contributed by atoms with Crippen LogP contribution in [0.5, 0.6) is 0 Å². The summed E-state index contributed by atoms with van der Waals surface area (Å²) in [6, 6.07) is -0.828. The van der Waals surface area contributed by atoms with Crippen LogP contribution in [0, 0.1) is 0 Å². The molecule has 0 aromatic rings. The third-order valence-corrected chi connectivity index (χ3v) is 7.20. The van der Waals surface area contributed by atoms with Crippen molar-refractivity contribution in [3.8, 4) is 0 Å². The largest absolute Gasteiger partial charge is 0.394 e. The van der Waals surface area contributed by atoms with Crippen molar-refractivity contribution in [3.63, 3.8) is 0 Å². The Morgan fingerprint density at radius 1 is 0.833 bits per heavy atom. The minimum Gasteiger partial charge on any atom is -0.394 e. The van der Waals surface area contributed by atoms with Gasteiger partial charge in [-0.1, -0.05) is 81.2 Å². The predicted molar refractivity (Wildman–Crippen MR) is 166 cm³/mol. The Morgan fingerprint density at radius 2 is 1.45 bits per heavy atom. The summed E-state index contributed by atoms with van der Waals surface area (Å²) in [6.45, 7) is 3.40. The Morgan fingerprint density at radius 3 is 2.12 bits per heavy atom. The van der Waals surface area contributed by atoms with Gasteiger partial charge in [0, 0.05) is 6.42 Å². The molecule has 9 nitrogen and oxygen atoms in total. The van der Waals surface area contributed by atoms with Crippen LogP contribution in [0.2, 0.25) is 0 Å². The van der Waals surface area contributed by atoms with Crippen molar-refractivity contribution < 1.29 is 39.8 Å². The van der Waals surface area contributed by atoms with Gasteiger partial charge in [0.15, 0.2) is 6.29 Å². The fourth-order valence-corrected chi connectivity index (χ4v) is 4.52. The maximum Gasteiger partial charge on any atom is 0.220 e. The number of hydrogen-bond acceptors (Lipinski definition) is 8. The van der Waals surface area contributed by atoms with Crippen LogP contribution in [0.4, 0.5) is 0 Å². The first-order valence-corrected chi connectivity index (χ1v) is 15.8. The molecule has 7 atom stereocenters. The van der Waals surface area contributed by atoms with E-state index in [2.05, 4.69) is 42.6 Å². The van der Waals surface area contributed by atoms with Crippen LogP contribution in [-0.4, -0.2) is 87.5 Å². The molecule has 0 aliphatic carbocycles. The van der Waals surface area contributed by atoms with Crippen LogP contribution < -0.4 is 5.32 Å². The third kappa shape index (κ3) is 16.7. The first kappa shape index (κ1) is 38.2. The summed E-state index contributed by atoms with van der Waals surface area (Å²) in [5.74, 6) is -0.214. The molecule has 0 spiro atoms. The number of unbranched alkanes of at least 4 members (excludes halogenated alkanes) is 8. The number of amides is 1. The van der Waals surface area contributed by atoms with E-state index in [4.69, 9.17) is 9.47 Å². The molecule has 0 aromatic heterocycles. The summed E-state index contributed by atoms with van der Waals surface area (Å²) < 4.78 is 11.0. The average Bonchev–Trinajstić information content (AvgIpc) is 2.98. The highest BCUT2D eigenvalue weighted by Gasteiger charge is 2.44. The maximum absolute atomic E-state index is 12.7. The molecule has 242 valence electrons. The molecule has 1 aliphatic heterocycles. The number of carbonyl (C=O) groups excluding carboxylic acids is 1. The molecule has 0 bridgehead atoms. The van der Waals surface area contributed by atoms with Gasteiger partial charge in [0.05, 0.1) is 25.4 Å². The molecule has 6 N–H and O–H groups in total. The molecule has 1 saturated heterocycles. The van der Waals surface area contributed by atoms with Crippen molar-refractivity contribution in [3.05, 3.63) is 48.6 Å². The molecule has 1 amide bonds. The monoisotopic (exact) mass is 595 g/mol. The van der Waals surface area contributed by atoms with Gasteiger partial charge in [-0.2, -0.15) is 0 Å². The van der Waals surface area contributed by atoms with Crippen LogP contribution in [0.1, 0.15) is 97.3 Å². The van der Waals surface area contributed by atoms with Crippen molar-refractivity contribution in [2.24, 2.45) is 0 Å². The summed E-state index contributed by atoms with van der Waals surface area (Å²) in [4.78, 5) is 12.7. The van der Waals surface area contributed by atoms with E-state index in [0.29, 0.717) is 6.42 Å². The number of aliphatic hydroxyl groups excluding tert-OH is 5. The van der Waals surface area contributed by atoms with E-state index in [9.17, 15) is 30.3 Å². The molecule has 1 heterocycles. The number of carbonyl (C=O) groups is 1. The Kier molecular flexibility index (Phi) is 22.3. The minimum absolute atomic E-state index is 0.213. The van der Waals surface area contributed by atoms with Crippen LogP contribution in [0.25, 0.3) is 0 Å². The van der Waals surface area contributed by atoms with Crippen molar-refractivity contribution >= 4 is 5.91 Å². The fraction of sp³-hybridized carbons (Fsp3) is 0.727. The lowest BCUT2D eigenvalue weighted by atomic mass is 9.99. The van der Waals surface area contributed by atoms with Crippen molar-refractivity contribution in [2.75, 3.05) is 13.2 Å². The van der Waals surface area contributed by atoms with E-state index in [1.807, 2.05) is 19.1 Å². The smallest absolute Gasteiger partial charge is 0.220 e. The zero-order valence-electron chi connectivity index (χ0n) is 25.7. The molecule has 1 fully saturated rings. The van der Waals surface area contributed by atoms with Crippen molar-refractivity contribution in [1.29, 1.82) is 0 Å². The van der Waals surface area contributed by atoms with Crippen LogP contribution in [-0.2, 0) is 14.3 Å². The number of rotatable bonds is 23. The normalized spacial score (nSPS) is 24.8. The second-order valence-electron chi connectivity index (χ2n) is 10.9. The second-order valence-corrected chi connectivity index (χ2v) is 10.9. The van der Waals surface area contributed by atoms with E-state index in [1.54, 1.807) is 6.08 Å². The SMILES string of the molecule is C/C=C/CC/C=C/CC/C=C/C(O)C(COC1OC(CO)C(O)C(O)C1O)NC(=O)CCCCCC/C=C\CCCC. The van der Waals surface area contributed by atoms with E-state index in [1.165, 1.54) is 12.8 Å². The molecule has 7 unspecified atom stereocenters. The molecule has 1 rings (SSSR count). The molecule has 0 radical (unpaired) electrons. The van der Waals surface area contributed by atoms with Gasteiger partial charge in [-0.3, -0.25) is 4.79 Å². The van der Waals surface area contributed by atoms with E-state index < -0.39 is 49.5 Å². The topological polar surface area (TPSA) is 149 Å². The number of nitrogens with one attached hydrogen (secondary N) is 1. The summed E-state index contributed by atoms with van der Waals surface area (Å²) in [6.07, 6.45) is 20.5. The minimum atomic E-state index is -1.57. The molecular weight excluding hydrogens is 538 g/mol. The van der Waals surface area contributed by atoms with Gasteiger partial charge in [-0.15, -0.1) is 0 Å². The number of aliphatic hydroxyl groups is 5. The quantitative estimate of drug-likeness (QED) is 0.0768. The van der Waals surface area contributed by atoms with Gasteiger partial charge in [0.1, 0.15) is 24.4 Å². The summed E-state index contributed by atoms with van der Waals surface area (Å²) in [5.41, 5.74) is 0. The lowest BCUT2D eigenvalue weighted by Crippen LogP contribution is -2.60. The molecule has 9 heteroatoms. The number of hydrogen-bond donors (Lipinski definition) is 6.